The van der Waals surface area contributed by atoms with Crippen molar-refractivity contribution < 1.29 is 19.0 Å². The molecule has 1 amide bonds. The zero-order chi connectivity index (χ0) is 16.9. The molecule has 0 unspecified atom stereocenters. The third-order valence-electron chi connectivity index (χ3n) is 4.28. The van der Waals surface area contributed by atoms with Gasteiger partial charge in [-0.1, -0.05) is 48.5 Å². The van der Waals surface area contributed by atoms with Gasteiger partial charge in [0.1, 0.15) is 6.61 Å². The number of benzene rings is 2. The molecule has 24 heavy (non-hydrogen) atoms. The van der Waals surface area contributed by atoms with Crippen LogP contribution in [0.5, 0.6) is 0 Å². The molecule has 0 saturated heterocycles. The van der Waals surface area contributed by atoms with Crippen molar-refractivity contribution in [3.8, 4) is 11.1 Å². The first-order chi connectivity index (χ1) is 11.7. The van der Waals surface area contributed by atoms with Gasteiger partial charge in [0.25, 0.3) is 0 Å². The summed E-state index contributed by atoms with van der Waals surface area (Å²) in [5.41, 5.74) is 4.80. The van der Waals surface area contributed by atoms with E-state index >= 15 is 0 Å². The van der Waals surface area contributed by atoms with E-state index in [1.54, 1.807) is 0 Å². The molecule has 0 radical (unpaired) electrons. The molecular formula is C19H21NO4. The van der Waals surface area contributed by atoms with Gasteiger partial charge in [0.05, 0.1) is 6.54 Å². The quantitative estimate of drug-likeness (QED) is 0.828. The molecule has 0 aromatic heterocycles. The van der Waals surface area contributed by atoms with Crippen molar-refractivity contribution in [2.75, 3.05) is 27.4 Å². The molecule has 0 spiro atoms. The number of amides is 1. The summed E-state index contributed by atoms with van der Waals surface area (Å²) in [6, 6.07) is 16.5. The molecule has 1 aliphatic rings. The maximum absolute atomic E-state index is 11.9. The highest BCUT2D eigenvalue weighted by Crippen LogP contribution is 2.44. The van der Waals surface area contributed by atoms with Crippen LogP contribution in [0, 0.1) is 0 Å². The number of carbonyl (C=O) groups is 1. The zero-order valence-corrected chi connectivity index (χ0v) is 13.8. The summed E-state index contributed by atoms with van der Waals surface area (Å²) in [7, 11) is 3.04. The average Bonchev–Trinajstić information content (AvgIpc) is 2.95. The van der Waals surface area contributed by atoms with E-state index < -0.39 is 12.4 Å². The van der Waals surface area contributed by atoms with Crippen molar-refractivity contribution in [3.05, 3.63) is 59.7 Å². The lowest BCUT2D eigenvalue weighted by Gasteiger charge is -2.16. The van der Waals surface area contributed by atoms with Gasteiger partial charge >= 0.3 is 6.09 Å². The number of fused-ring (bicyclic) bond motifs is 3. The van der Waals surface area contributed by atoms with Gasteiger partial charge in [0.2, 0.25) is 0 Å². The fourth-order valence-electron chi connectivity index (χ4n) is 3.08. The largest absolute Gasteiger partial charge is 0.449 e. The van der Waals surface area contributed by atoms with Crippen molar-refractivity contribution in [3.63, 3.8) is 0 Å². The minimum absolute atomic E-state index is 0.0591. The Kier molecular flexibility index (Phi) is 5.13. The predicted octanol–water partition coefficient (Wildman–Crippen LogP) is 3.14. The van der Waals surface area contributed by atoms with E-state index in [0.717, 1.165) is 0 Å². The van der Waals surface area contributed by atoms with Crippen molar-refractivity contribution in [2.24, 2.45) is 0 Å². The van der Waals surface area contributed by atoms with Gasteiger partial charge in [0.15, 0.2) is 6.29 Å². The number of methoxy groups -OCH3 is 2. The van der Waals surface area contributed by atoms with Crippen LogP contribution >= 0.6 is 0 Å². The Hall–Kier alpha value is -2.37. The maximum atomic E-state index is 11.9. The molecule has 3 rings (SSSR count). The summed E-state index contributed by atoms with van der Waals surface area (Å²) < 4.78 is 15.5. The smallest absolute Gasteiger partial charge is 0.407 e. The summed E-state index contributed by atoms with van der Waals surface area (Å²) in [4.78, 5) is 11.9. The molecule has 5 nitrogen and oxygen atoms in total. The normalized spacial score (nSPS) is 12.8. The fraction of sp³-hybridized carbons (Fsp3) is 0.316. The van der Waals surface area contributed by atoms with Crippen LogP contribution in [0.15, 0.2) is 48.5 Å². The van der Waals surface area contributed by atoms with Crippen LogP contribution in [0.4, 0.5) is 4.79 Å². The Bertz CT molecular complexity index is 667. The summed E-state index contributed by atoms with van der Waals surface area (Å²) in [6.45, 7) is 0.536. The zero-order valence-electron chi connectivity index (χ0n) is 13.8. The number of hydrogen-bond donors (Lipinski definition) is 1. The second kappa shape index (κ2) is 7.47. The molecule has 0 atom stereocenters. The molecule has 0 saturated carbocycles. The van der Waals surface area contributed by atoms with Gasteiger partial charge in [-0.25, -0.2) is 4.79 Å². The Morgan fingerprint density at radius 3 is 2.08 bits per heavy atom. The van der Waals surface area contributed by atoms with Crippen molar-refractivity contribution >= 4 is 6.09 Å². The number of hydrogen-bond acceptors (Lipinski definition) is 4. The molecule has 2 aromatic rings. The van der Waals surface area contributed by atoms with Crippen LogP contribution < -0.4 is 5.32 Å². The van der Waals surface area contributed by atoms with Crippen LogP contribution in [0.1, 0.15) is 17.0 Å². The highest BCUT2D eigenvalue weighted by Gasteiger charge is 2.28. The number of nitrogens with one attached hydrogen (secondary N) is 1. The van der Waals surface area contributed by atoms with Crippen LogP contribution in [0.2, 0.25) is 0 Å². The molecule has 0 fully saturated rings. The van der Waals surface area contributed by atoms with Crippen LogP contribution in [-0.2, 0) is 14.2 Å². The molecule has 2 aromatic carbocycles. The number of rotatable bonds is 6. The van der Waals surface area contributed by atoms with Crippen molar-refractivity contribution in [1.29, 1.82) is 0 Å². The Morgan fingerprint density at radius 2 is 1.54 bits per heavy atom. The molecule has 5 heteroatoms. The maximum Gasteiger partial charge on any atom is 0.407 e. The number of carbonyl (C=O) groups excluding carboxylic acids is 1. The van der Waals surface area contributed by atoms with Crippen LogP contribution in [-0.4, -0.2) is 39.8 Å². The van der Waals surface area contributed by atoms with E-state index in [2.05, 4.69) is 29.6 Å². The van der Waals surface area contributed by atoms with Gasteiger partial charge < -0.3 is 19.5 Å². The molecule has 1 aliphatic carbocycles. The minimum Gasteiger partial charge on any atom is -0.449 e. The summed E-state index contributed by atoms with van der Waals surface area (Å²) >= 11 is 0. The first kappa shape index (κ1) is 16.5. The van der Waals surface area contributed by atoms with Crippen LogP contribution in [0.3, 0.4) is 0 Å². The molecular weight excluding hydrogens is 306 g/mol. The highest BCUT2D eigenvalue weighted by molar-refractivity contribution is 5.79. The predicted molar refractivity (Wildman–Crippen MR) is 90.9 cm³/mol. The first-order valence-corrected chi connectivity index (χ1v) is 7.89. The first-order valence-electron chi connectivity index (χ1n) is 7.89. The van der Waals surface area contributed by atoms with E-state index in [9.17, 15) is 4.79 Å². The molecule has 126 valence electrons. The number of alkyl carbamates (subject to hydrolysis) is 1. The summed E-state index contributed by atoms with van der Waals surface area (Å²) in [6.07, 6.45) is -0.957. The third kappa shape index (κ3) is 3.27. The van der Waals surface area contributed by atoms with Gasteiger partial charge in [-0.3, -0.25) is 0 Å². The lowest BCUT2D eigenvalue weighted by Crippen LogP contribution is -2.35. The second-order valence-corrected chi connectivity index (χ2v) is 5.61. The van der Waals surface area contributed by atoms with E-state index in [4.69, 9.17) is 14.2 Å². The van der Waals surface area contributed by atoms with Crippen LogP contribution in [0.25, 0.3) is 11.1 Å². The third-order valence-corrected chi connectivity index (χ3v) is 4.28. The van der Waals surface area contributed by atoms with E-state index in [1.807, 2.05) is 24.3 Å². The lowest BCUT2D eigenvalue weighted by atomic mass is 9.98. The van der Waals surface area contributed by atoms with Crippen molar-refractivity contribution in [1.82, 2.24) is 5.32 Å². The molecule has 0 bridgehead atoms. The van der Waals surface area contributed by atoms with Gasteiger partial charge in [-0.05, 0) is 22.3 Å². The Labute approximate surface area is 141 Å². The van der Waals surface area contributed by atoms with E-state index in [-0.39, 0.29) is 12.5 Å². The fourth-order valence-corrected chi connectivity index (χ4v) is 3.08. The topological polar surface area (TPSA) is 56.8 Å². The Morgan fingerprint density at radius 1 is 1.00 bits per heavy atom. The van der Waals surface area contributed by atoms with Crippen molar-refractivity contribution in [2.45, 2.75) is 12.2 Å². The second-order valence-electron chi connectivity index (χ2n) is 5.61. The summed E-state index contributed by atoms with van der Waals surface area (Å²) in [5, 5.41) is 2.65. The van der Waals surface area contributed by atoms with E-state index in [0.29, 0.717) is 6.61 Å². The summed E-state index contributed by atoms with van der Waals surface area (Å²) in [5.74, 6) is 0.0591. The Balaban J connectivity index is 1.66. The monoisotopic (exact) mass is 327 g/mol. The molecule has 1 N–H and O–H groups in total. The highest BCUT2D eigenvalue weighted by atomic mass is 16.7. The SMILES string of the molecule is COC(CNC(=O)OCC1c2ccccc2-c2ccccc21)OC. The molecule has 0 aliphatic heterocycles. The number of ether oxygens (including phenoxy) is 3. The van der Waals surface area contributed by atoms with Gasteiger partial charge in [0, 0.05) is 20.1 Å². The molecule has 0 heterocycles. The minimum atomic E-state index is -0.481. The lowest BCUT2D eigenvalue weighted by molar-refractivity contribution is -0.0980. The standard InChI is InChI=1S/C19H21NO4/c1-22-18(23-2)11-20-19(21)24-12-17-15-9-5-3-7-13(15)14-8-4-6-10-16(14)17/h3-10,17-18H,11-12H2,1-2H3,(H,20,21). The average molecular weight is 327 g/mol. The van der Waals surface area contributed by atoms with Gasteiger partial charge in [-0.2, -0.15) is 0 Å². The van der Waals surface area contributed by atoms with E-state index in [1.165, 1.54) is 36.5 Å². The van der Waals surface area contributed by atoms with Gasteiger partial charge in [-0.15, -0.1) is 0 Å².